The molecule has 0 N–H and O–H groups in total. The van der Waals surface area contributed by atoms with E-state index >= 15 is 0 Å². The van der Waals surface area contributed by atoms with E-state index in [-0.39, 0.29) is 11.5 Å². The fourth-order valence-electron chi connectivity index (χ4n) is 4.01. The first-order valence-electron chi connectivity index (χ1n) is 11.3. The Kier molecular flexibility index (Phi) is 6.22. The van der Waals surface area contributed by atoms with Crippen molar-refractivity contribution in [3.8, 4) is 17.1 Å². The van der Waals surface area contributed by atoms with Gasteiger partial charge in [0.05, 0.1) is 17.9 Å². The fraction of sp³-hybridized carbons (Fsp3) is 0.280. The van der Waals surface area contributed by atoms with E-state index in [1.165, 1.54) is 15.9 Å². The molecule has 9 heteroatoms. The van der Waals surface area contributed by atoms with Crippen molar-refractivity contribution in [2.75, 3.05) is 18.1 Å². The molecule has 2 aromatic carbocycles. The number of rotatable bonds is 7. The topological polar surface area (TPSA) is 76.8 Å². The summed E-state index contributed by atoms with van der Waals surface area (Å²) in [7, 11) is 0. The number of nitrogens with zero attached hydrogens (tertiary/aromatic N) is 4. The van der Waals surface area contributed by atoms with Gasteiger partial charge < -0.3 is 9.64 Å². The lowest BCUT2D eigenvalue weighted by atomic mass is 10.1. The van der Waals surface area contributed by atoms with Gasteiger partial charge in [-0.25, -0.2) is 0 Å². The number of halogens is 1. The first kappa shape index (κ1) is 22.7. The zero-order valence-corrected chi connectivity index (χ0v) is 21.3. The SMILES string of the molecule is CCCCOc1ccc(-c2nc3sc(=C4C(=O)N(CCC)c5ccc(Br)cc54)c(=O)n3n2)cc1. The Morgan fingerprint density at radius 1 is 1.06 bits per heavy atom. The Balaban J connectivity index is 1.55. The standard InChI is InChI=1S/C25H23BrN4O3S/c1-3-5-13-33-17-9-6-15(7-10-17)22-27-25-30(28-22)24(32)21(34-25)20-18-14-16(26)8-11-19(18)29(12-4-2)23(20)31/h6-11,14H,3-5,12-13H2,1-2H3. The van der Waals surface area contributed by atoms with E-state index in [0.717, 1.165) is 46.3 Å². The van der Waals surface area contributed by atoms with Crippen molar-refractivity contribution < 1.29 is 9.53 Å². The van der Waals surface area contributed by atoms with Gasteiger partial charge in [-0.3, -0.25) is 9.59 Å². The molecule has 1 aliphatic rings. The van der Waals surface area contributed by atoms with Crippen molar-refractivity contribution in [1.82, 2.24) is 14.6 Å². The lowest BCUT2D eigenvalue weighted by Crippen LogP contribution is -2.32. The van der Waals surface area contributed by atoms with Crippen LogP contribution < -0.4 is 19.7 Å². The Labute approximate surface area is 208 Å². The number of hydrogen-bond donors (Lipinski definition) is 0. The first-order valence-corrected chi connectivity index (χ1v) is 12.9. The summed E-state index contributed by atoms with van der Waals surface area (Å²) >= 11 is 4.69. The third-order valence-electron chi connectivity index (χ3n) is 5.69. The van der Waals surface area contributed by atoms with Gasteiger partial charge in [-0.05, 0) is 55.3 Å². The average molecular weight is 539 g/mol. The van der Waals surface area contributed by atoms with Gasteiger partial charge >= 0.3 is 0 Å². The summed E-state index contributed by atoms with van der Waals surface area (Å²) in [5.41, 5.74) is 2.47. The van der Waals surface area contributed by atoms with Crippen LogP contribution in [0, 0.1) is 0 Å². The van der Waals surface area contributed by atoms with Crippen molar-refractivity contribution in [3.05, 3.63) is 67.4 Å². The molecule has 7 nitrogen and oxygen atoms in total. The highest BCUT2D eigenvalue weighted by Gasteiger charge is 2.34. The molecule has 3 heterocycles. The van der Waals surface area contributed by atoms with Crippen LogP contribution in [0.1, 0.15) is 38.7 Å². The molecular weight excluding hydrogens is 516 g/mol. The maximum Gasteiger partial charge on any atom is 0.291 e. The number of fused-ring (bicyclic) bond motifs is 2. The molecule has 0 unspecified atom stereocenters. The third-order valence-corrected chi connectivity index (χ3v) is 7.21. The lowest BCUT2D eigenvalue weighted by molar-refractivity contribution is -0.113. The minimum Gasteiger partial charge on any atom is -0.494 e. The summed E-state index contributed by atoms with van der Waals surface area (Å²) in [4.78, 5) is 33.4. The van der Waals surface area contributed by atoms with Gasteiger partial charge in [0.15, 0.2) is 5.82 Å². The first-order chi connectivity index (χ1) is 16.5. The van der Waals surface area contributed by atoms with Gasteiger partial charge in [-0.1, -0.05) is 47.5 Å². The fourth-order valence-corrected chi connectivity index (χ4v) is 5.37. The average Bonchev–Trinajstić information content (AvgIpc) is 3.46. The Hall–Kier alpha value is -3.04. The molecule has 4 aromatic rings. The second-order valence-corrected chi connectivity index (χ2v) is 9.98. The zero-order chi connectivity index (χ0) is 23.8. The van der Waals surface area contributed by atoms with E-state index in [1.54, 1.807) is 4.90 Å². The minimum absolute atomic E-state index is 0.157. The number of benzene rings is 2. The van der Waals surface area contributed by atoms with E-state index in [2.05, 4.69) is 32.9 Å². The van der Waals surface area contributed by atoms with Crippen LogP contribution in [-0.2, 0) is 4.79 Å². The van der Waals surface area contributed by atoms with E-state index in [1.807, 2.05) is 49.4 Å². The Morgan fingerprint density at radius 3 is 2.56 bits per heavy atom. The summed E-state index contributed by atoms with van der Waals surface area (Å²) in [5.74, 6) is 1.10. The predicted molar refractivity (Wildman–Crippen MR) is 137 cm³/mol. The molecule has 0 aliphatic carbocycles. The van der Waals surface area contributed by atoms with Gasteiger partial charge in [0.25, 0.3) is 11.5 Å². The van der Waals surface area contributed by atoms with Gasteiger partial charge in [0.2, 0.25) is 4.96 Å². The number of carbonyl (C=O) groups is 1. The zero-order valence-electron chi connectivity index (χ0n) is 18.9. The van der Waals surface area contributed by atoms with Crippen LogP contribution in [0.2, 0.25) is 0 Å². The monoisotopic (exact) mass is 538 g/mol. The maximum atomic E-state index is 13.3. The van der Waals surface area contributed by atoms with Gasteiger partial charge in [-0.15, -0.1) is 5.10 Å². The summed E-state index contributed by atoms with van der Waals surface area (Å²) in [5, 5.41) is 4.45. The van der Waals surface area contributed by atoms with Crippen LogP contribution in [0.4, 0.5) is 5.69 Å². The maximum absolute atomic E-state index is 13.3. The van der Waals surface area contributed by atoms with Crippen LogP contribution in [0.3, 0.4) is 0 Å². The Bertz CT molecular complexity index is 1490. The molecule has 2 aromatic heterocycles. The smallest absolute Gasteiger partial charge is 0.291 e. The van der Waals surface area contributed by atoms with Crippen molar-refractivity contribution in [3.63, 3.8) is 0 Å². The van der Waals surface area contributed by atoms with Gasteiger partial charge in [0.1, 0.15) is 10.3 Å². The quantitative estimate of drug-likeness (QED) is 0.325. The largest absolute Gasteiger partial charge is 0.494 e. The number of anilines is 1. The Morgan fingerprint density at radius 2 is 1.85 bits per heavy atom. The van der Waals surface area contributed by atoms with Crippen LogP contribution in [0.25, 0.3) is 21.9 Å². The highest BCUT2D eigenvalue weighted by Crippen LogP contribution is 2.37. The second kappa shape index (κ2) is 9.31. The van der Waals surface area contributed by atoms with E-state index in [4.69, 9.17) is 4.74 Å². The van der Waals surface area contributed by atoms with Gasteiger partial charge in [0, 0.05) is 22.1 Å². The van der Waals surface area contributed by atoms with Crippen molar-refractivity contribution >= 4 is 49.4 Å². The normalized spacial score (nSPS) is 14.8. The van der Waals surface area contributed by atoms with Crippen LogP contribution >= 0.6 is 27.3 Å². The number of hydrogen-bond acceptors (Lipinski definition) is 6. The predicted octanol–water partition coefficient (Wildman–Crippen LogP) is 4.43. The molecule has 0 spiro atoms. The molecule has 34 heavy (non-hydrogen) atoms. The molecular formula is C25H23BrN4O3S. The molecule has 0 fully saturated rings. The van der Waals surface area contributed by atoms with Crippen LogP contribution in [0.15, 0.2) is 51.7 Å². The minimum atomic E-state index is -0.328. The highest BCUT2D eigenvalue weighted by atomic mass is 79.9. The summed E-state index contributed by atoms with van der Waals surface area (Å²) in [6.45, 7) is 5.42. The molecule has 5 rings (SSSR count). The number of ether oxygens (including phenoxy) is 1. The molecule has 1 aliphatic heterocycles. The number of carbonyl (C=O) groups excluding carboxylic acids is 1. The van der Waals surface area contributed by atoms with Gasteiger partial charge in [-0.2, -0.15) is 9.50 Å². The van der Waals surface area contributed by atoms with Crippen molar-refractivity contribution in [1.29, 1.82) is 0 Å². The summed E-state index contributed by atoms with van der Waals surface area (Å²) in [6.07, 6.45) is 2.91. The third kappa shape index (κ3) is 3.92. The molecule has 0 saturated carbocycles. The summed E-state index contributed by atoms with van der Waals surface area (Å²) < 4.78 is 8.22. The second-order valence-electron chi connectivity index (χ2n) is 8.09. The van der Waals surface area contributed by atoms with Crippen molar-refractivity contribution in [2.24, 2.45) is 0 Å². The number of thiazole rings is 1. The molecule has 0 radical (unpaired) electrons. The van der Waals surface area contributed by atoms with Crippen molar-refractivity contribution in [2.45, 2.75) is 33.1 Å². The lowest BCUT2D eigenvalue weighted by Gasteiger charge is -2.15. The van der Waals surface area contributed by atoms with Crippen LogP contribution in [-0.4, -0.2) is 33.7 Å². The number of unbranched alkanes of at least 4 members (excludes halogenated alkanes) is 1. The molecule has 1 amide bonds. The molecule has 0 bridgehead atoms. The number of amides is 1. The van der Waals surface area contributed by atoms with E-state index < -0.39 is 0 Å². The van der Waals surface area contributed by atoms with E-state index in [0.29, 0.717) is 34.0 Å². The number of aromatic nitrogens is 3. The molecule has 174 valence electrons. The summed E-state index contributed by atoms with van der Waals surface area (Å²) in [6, 6.07) is 13.3. The highest BCUT2D eigenvalue weighted by molar-refractivity contribution is 9.10. The van der Waals surface area contributed by atoms with E-state index in [9.17, 15) is 9.59 Å². The molecule has 0 saturated heterocycles. The molecule has 0 atom stereocenters. The van der Waals surface area contributed by atoms with Crippen LogP contribution in [0.5, 0.6) is 5.75 Å².